The molecule has 2 heterocycles. The molecule has 3 N–H and O–H groups in total. The fourth-order valence-corrected chi connectivity index (χ4v) is 4.46. The second-order valence-corrected chi connectivity index (χ2v) is 8.59. The molecule has 3 aromatic carbocycles. The van der Waals surface area contributed by atoms with Gasteiger partial charge in [-0.05, 0) is 42.2 Å². The smallest absolute Gasteiger partial charge is 0.183 e. The molecule has 0 amide bonds. The molecular formula is C26H28N4S. The monoisotopic (exact) mass is 428 g/mol. The highest BCUT2D eigenvalue weighted by molar-refractivity contribution is 7.22. The van der Waals surface area contributed by atoms with Gasteiger partial charge in [0.1, 0.15) is 0 Å². The van der Waals surface area contributed by atoms with Crippen molar-refractivity contribution in [1.29, 1.82) is 0 Å². The number of fused-ring (bicyclic) bond motifs is 1. The number of nitrogens with one attached hydrogen (secondary N) is 3. The Morgan fingerprint density at radius 3 is 2.48 bits per heavy atom. The first kappa shape index (κ1) is 20.9. The number of nitrogens with zero attached hydrogens (tertiary/aromatic N) is 1. The van der Waals surface area contributed by atoms with E-state index >= 15 is 0 Å². The maximum absolute atomic E-state index is 4.57. The quantitative estimate of drug-likeness (QED) is 0.384. The number of para-hydroxylation sites is 1. The highest BCUT2D eigenvalue weighted by atomic mass is 32.1. The summed E-state index contributed by atoms with van der Waals surface area (Å²) in [5, 5.41) is 10.9. The van der Waals surface area contributed by atoms with Gasteiger partial charge in [0, 0.05) is 13.1 Å². The average molecular weight is 429 g/mol. The molecule has 1 aliphatic heterocycles. The predicted molar refractivity (Wildman–Crippen MR) is 132 cm³/mol. The van der Waals surface area contributed by atoms with Crippen molar-refractivity contribution >= 4 is 26.7 Å². The predicted octanol–water partition coefficient (Wildman–Crippen LogP) is 5.65. The molecule has 0 aliphatic carbocycles. The first-order valence-corrected chi connectivity index (χ1v) is 11.4. The van der Waals surface area contributed by atoms with Gasteiger partial charge in [0.2, 0.25) is 0 Å². The number of hydrogen-bond donors (Lipinski definition) is 3. The summed E-state index contributed by atoms with van der Waals surface area (Å²) in [6, 6.07) is 27.5. The summed E-state index contributed by atoms with van der Waals surface area (Å²) >= 11 is 1.71. The molecule has 0 saturated carbocycles. The molecule has 4 nitrogen and oxygen atoms in total. The standard InChI is InChI=1S/C16H16N2S.C10H12N2/c1-12-6-2-3-7-13(12)10-11-17-16-18-14-8-4-5-9-15(14)19-16;1-8-11-7-10(12-8)9-5-3-2-4-6-9/h2-9H,10-11H2,1H3,(H,17,18);2-6,10-12H,1,7H2. The maximum Gasteiger partial charge on any atom is 0.183 e. The molecule has 1 saturated heterocycles. The number of thiazole rings is 1. The topological polar surface area (TPSA) is 49.0 Å². The van der Waals surface area contributed by atoms with Gasteiger partial charge < -0.3 is 16.0 Å². The summed E-state index contributed by atoms with van der Waals surface area (Å²) in [6.07, 6.45) is 1.03. The maximum atomic E-state index is 4.57. The van der Waals surface area contributed by atoms with Gasteiger partial charge in [-0.15, -0.1) is 0 Å². The summed E-state index contributed by atoms with van der Waals surface area (Å²) in [5.74, 6) is 0.920. The molecular weight excluding hydrogens is 400 g/mol. The zero-order valence-corrected chi connectivity index (χ0v) is 18.6. The number of benzene rings is 3. The third kappa shape index (κ3) is 5.64. The number of aryl methyl sites for hydroxylation is 1. The molecule has 1 aliphatic rings. The lowest BCUT2D eigenvalue weighted by atomic mass is 10.1. The van der Waals surface area contributed by atoms with Crippen LogP contribution in [-0.2, 0) is 6.42 Å². The van der Waals surface area contributed by atoms with Crippen molar-refractivity contribution in [3.05, 3.63) is 108 Å². The van der Waals surface area contributed by atoms with Crippen LogP contribution in [0, 0.1) is 6.92 Å². The molecule has 158 valence electrons. The Kier molecular flexibility index (Phi) is 6.85. The SMILES string of the molecule is C=C1NCC(c2ccccc2)N1.Cc1ccccc1CCNc1nc2ccccc2s1. The first-order chi connectivity index (χ1) is 15.2. The van der Waals surface area contributed by atoms with Crippen LogP contribution in [0.2, 0.25) is 0 Å². The molecule has 0 spiro atoms. The molecule has 1 atom stereocenters. The summed E-state index contributed by atoms with van der Waals surface area (Å²) in [5.41, 5.74) is 5.14. The molecule has 1 aromatic heterocycles. The van der Waals surface area contributed by atoms with Crippen LogP contribution in [0.1, 0.15) is 22.7 Å². The van der Waals surface area contributed by atoms with Crippen molar-refractivity contribution in [1.82, 2.24) is 15.6 Å². The third-order valence-electron chi connectivity index (χ3n) is 5.30. The normalized spacial score (nSPS) is 15.0. The Balaban J connectivity index is 0.000000166. The van der Waals surface area contributed by atoms with E-state index in [2.05, 4.69) is 101 Å². The van der Waals surface area contributed by atoms with E-state index in [1.54, 1.807) is 11.3 Å². The van der Waals surface area contributed by atoms with Crippen LogP contribution in [-0.4, -0.2) is 18.1 Å². The highest BCUT2D eigenvalue weighted by Gasteiger charge is 2.16. The zero-order chi connectivity index (χ0) is 21.5. The van der Waals surface area contributed by atoms with Crippen molar-refractivity contribution in [3.8, 4) is 0 Å². The minimum Gasteiger partial charge on any atom is -0.370 e. The number of anilines is 1. The fourth-order valence-electron chi connectivity index (χ4n) is 3.57. The molecule has 1 unspecified atom stereocenters. The minimum absolute atomic E-state index is 0.388. The minimum atomic E-state index is 0.388. The van der Waals surface area contributed by atoms with Crippen LogP contribution in [0.15, 0.2) is 91.3 Å². The molecule has 5 heteroatoms. The van der Waals surface area contributed by atoms with E-state index < -0.39 is 0 Å². The fraction of sp³-hybridized carbons (Fsp3) is 0.192. The third-order valence-corrected chi connectivity index (χ3v) is 6.29. The summed E-state index contributed by atoms with van der Waals surface area (Å²) < 4.78 is 1.24. The number of rotatable bonds is 5. The second kappa shape index (κ2) is 10.1. The average Bonchev–Trinajstić information content (AvgIpc) is 3.42. The molecule has 4 aromatic rings. The van der Waals surface area contributed by atoms with Crippen LogP contribution in [0.4, 0.5) is 5.13 Å². The summed E-state index contributed by atoms with van der Waals surface area (Å²) in [6.45, 7) is 7.82. The summed E-state index contributed by atoms with van der Waals surface area (Å²) in [4.78, 5) is 4.57. The van der Waals surface area contributed by atoms with E-state index in [9.17, 15) is 0 Å². The van der Waals surface area contributed by atoms with E-state index in [4.69, 9.17) is 0 Å². The number of aromatic nitrogens is 1. The van der Waals surface area contributed by atoms with Gasteiger partial charge in [0.15, 0.2) is 5.13 Å². The van der Waals surface area contributed by atoms with Crippen LogP contribution in [0.25, 0.3) is 10.2 Å². The van der Waals surface area contributed by atoms with Gasteiger partial charge in [0.25, 0.3) is 0 Å². The lowest BCUT2D eigenvalue weighted by Gasteiger charge is -2.08. The van der Waals surface area contributed by atoms with Crippen LogP contribution in [0.3, 0.4) is 0 Å². The van der Waals surface area contributed by atoms with E-state index in [1.807, 2.05) is 12.1 Å². The van der Waals surface area contributed by atoms with Crippen LogP contribution < -0.4 is 16.0 Å². The van der Waals surface area contributed by atoms with Crippen LogP contribution in [0.5, 0.6) is 0 Å². The Morgan fingerprint density at radius 1 is 1.00 bits per heavy atom. The molecule has 0 bridgehead atoms. The highest BCUT2D eigenvalue weighted by Crippen LogP contribution is 2.25. The van der Waals surface area contributed by atoms with Crippen molar-refractivity contribution < 1.29 is 0 Å². The van der Waals surface area contributed by atoms with Crippen molar-refractivity contribution in [3.63, 3.8) is 0 Å². The lowest BCUT2D eigenvalue weighted by Crippen LogP contribution is -2.12. The van der Waals surface area contributed by atoms with Crippen LogP contribution >= 0.6 is 11.3 Å². The van der Waals surface area contributed by atoms with E-state index in [0.29, 0.717) is 6.04 Å². The Bertz CT molecular complexity index is 1100. The summed E-state index contributed by atoms with van der Waals surface area (Å²) in [7, 11) is 0. The first-order valence-electron chi connectivity index (χ1n) is 10.6. The molecule has 0 radical (unpaired) electrons. The second-order valence-electron chi connectivity index (χ2n) is 7.56. The molecule has 5 rings (SSSR count). The van der Waals surface area contributed by atoms with E-state index in [-0.39, 0.29) is 0 Å². The largest absolute Gasteiger partial charge is 0.370 e. The Hall–Kier alpha value is -3.31. The van der Waals surface area contributed by atoms with E-state index in [1.165, 1.54) is 21.4 Å². The van der Waals surface area contributed by atoms with Crippen molar-refractivity contribution in [2.24, 2.45) is 0 Å². The van der Waals surface area contributed by atoms with Gasteiger partial charge in [-0.3, -0.25) is 0 Å². The van der Waals surface area contributed by atoms with E-state index in [0.717, 1.165) is 36.0 Å². The van der Waals surface area contributed by atoms with Gasteiger partial charge in [0.05, 0.1) is 22.1 Å². The molecule has 31 heavy (non-hydrogen) atoms. The molecule has 1 fully saturated rings. The van der Waals surface area contributed by atoms with Gasteiger partial charge in [-0.2, -0.15) is 0 Å². The van der Waals surface area contributed by atoms with Crippen molar-refractivity contribution in [2.75, 3.05) is 18.4 Å². The number of hydrogen-bond acceptors (Lipinski definition) is 5. The van der Waals surface area contributed by atoms with Gasteiger partial charge >= 0.3 is 0 Å². The van der Waals surface area contributed by atoms with Gasteiger partial charge in [-0.25, -0.2) is 4.98 Å². The Labute approximate surface area is 188 Å². The lowest BCUT2D eigenvalue weighted by molar-refractivity contribution is 0.698. The zero-order valence-electron chi connectivity index (χ0n) is 17.8. The van der Waals surface area contributed by atoms with Gasteiger partial charge in [-0.1, -0.05) is 84.6 Å². The Morgan fingerprint density at radius 2 is 1.74 bits per heavy atom. The van der Waals surface area contributed by atoms with Crippen molar-refractivity contribution in [2.45, 2.75) is 19.4 Å².